The fourth-order valence-corrected chi connectivity index (χ4v) is 3.04. The minimum absolute atomic E-state index is 0.227. The summed E-state index contributed by atoms with van der Waals surface area (Å²) < 4.78 is 11.5. The number of carbonyl (C=O) groups is 1. The van der Waals surface area contributed by atoms with Gasteiger partial charge in [-0.05, 0) is 78.7 Å². The first-order valence-electron chi connectivity index (χ1n) is 10.6. The van der Waals surface area contributed by atoms with Crippen LogP contribution in [-0.4, -0.2) is 17.6 Å². The molecule has 0 saturated heterocycles. The molecule has 6 heteroatoms. The van der Waals surface area contributed by atoms with E-state index in [1.807, 2.05) is 54.6 Å². The lowest BCUT2D eigenvalue weighted by Crippen LogP contribution is -2.34. The van der Waals surface area contributed by atoms with Crippen molar-refractivity contribution < 1.29 is 14.3 Å². The Bertz CT molecular complexity index is 1000. The Balaban J connectivity index is 1.44. The molecule has 0 spiro atoms. The molecule has 0 fully saturated rings. The summed E-state index contributed by atoms with van der Waals surface area (Å²) in [4.78, 5) is 12.4. The highest BCUT2D eigenvalue weighted by molar-refractivity contribution is 7.80. The second kappa shape index (κ2) is 11.9. The van der Waals surface area contributed by atoms with Crippen LogP contribution in [0.4, 0.5) is 5.69 Å². The lowest BCUT2D eigenvalue weighted by atomic mass is 10.1. The molecule has 166 valence electrons. The van der Waals surface area contributed by atoms with Crippen LogP contribution in [0, 0.1) is 5.92 Å². The number of rotatable bonds is 9. The number of hydrogen-bond acceptors (Lipinski definition) is 4. The molecule has 5 nitrogen and oxygen atoms in total. The SMILES string of the molecule is CC(C)CCOc1ccc(C(=O)NC(=S)Nc2ccc(OCc3ccccc3)cc2)cc1. The zero-order valence-electron chi connectivity index (χ0n) is 18.3. The zero-order valence-corrected chi connectivity index (χ0v) is 19.2. The van der Waals surface area contributed by atoms with E-state index in [1.54, 1.807) is 24.3 Å². The monoisotopic (exact) mass is 448 g/mol. The molecule has 0 radical (unpaired) electrons. The molecule has 0 saturated carbocycles. The van der Waals surface area contributed by atoms with Gasteiger partial charge in [0.1, 0.15) is 18.1 Å². The fraction of sp³-hybridized carbons (Fsp3) is 0.231. The van der Waals surface area contributed by atoms with Crippen molar-refractivity contribution >= 4 is 28.9 Å². The van der Waals surface area contributed by atoms with E-state index in [4.69, 9.17) is 21.7 Å². The molecule has 1 amide bonds. The third-order valence-corrected chi connectivity index (χ3v) is 4.87. The van der Waals surface area contributed by atoms with E-state index in [0.717, 1.165) is 29.2 Å². The average Bonchev–Trinajstić information content (AvgIpc) is 2.79. The molecule has 32 heavy (non-hydrogen) atoms. The Hall–Kier alpha value is -3.38. The van der Waals surface area contributed by atoms with E-state index in [-0.39, 0.29) is 11.0 Å². The molecule has 0 aliphatic heterocycles. The molecular weight excluding hydrogens is 420 g/mol. The van der Waals surface area contributed by atoms with Crippen LogP contribution in [0.2, 0.25) is 0 Å². The molecule has 0 aliphatic rings. The molecule has 3 aromatic rings. The Labute approximate surface area is 194 Å². The van der Waals surface area contributed by atoms with Crippen molar-refractivity contribution in [2.45, 2.75) is 26.9 Å². The summed E-state index contributed by atoms with van der Waals surface area (Å²) in [5.74, 6) is 1.81. The van der Waals surface area contributed by atoms with Crippen molar-refractivity contribution in [1.82, 2.24) is 5.32 Å². The van der Waals surface area contributed by atoms with Crippen molar-refractivity contribution in [2.75, 3.05) is 11.9 Å². The van der Waals surface area contributed by atoms with E-state index in [1.165, 1.54) is 0 Å². The van der Waals surface area contributed by atoms with E-state index >= 15 is 0 Å². The van der Waals surface area contributed by atoms with Crippen LogP contribution in [0.5, 0.6) is 11.5 Å². The first-order chi connectivity index (χ1) is 15.5. The minimum Gasteiger partial charge on any atom is -0.494 e. The quantitative estimate of drug-likeness (QED) is 0.404. The van der Waals surface area contributed by atoms with Gasteiger partial charge >= 0.3 is 0 Å². The maximum absolute atomic E-state index is 12.4. The van der Waals surface area contributed by atoms with Crippen molar-refractivity contribution in [1.29, 1.82) is 0 Å². The molecule has 0 atom stereocenters. The van der Waals surface area contributed by atoms with Crippen LogP contribution in [0.15, 0.2) is 78.9 Å². The number of benzene rings is 3. The molecular formula is C26H28N2O3S. The van der Waals surface area contributed by atoms with E-state index in [2.05, 4.69) is 24.5 Å². The number of carbonyl (C=O) groups excluding carboxylic acids is 1. The summed E-state index contributed by atoms with van der Waals surface area (Å²) in [6.45, 7) is 5.47. The molecule has 2 N–H and O–H groups in total. The normalized spacial score (nSPS) is 10.5. The maximum Gasteiger partial charge on any atom is 0.257 e. The molecule has 0 aliphatic carbocycles. The van der Waals surface area contributed by atoms with Gasteiger partial charge in [-0.15, -0.1) is 0 Å². The molecule has 0 aromatic heterocycles. The standard InChI is InChI=1S/C26H28N2O3S/c1-19(2)16-17-30-23-12-8-21(9-13-23)25(29)28-26(32)27-22-10-14-24(15-11-22)31-18-20-6-4-3-5-7-20/h3-15,19H,16-18H2,1-2H3,(H2,27,28,29,32). The van der Waals surface area contributed by atoms with Gasteiger partial charge in [-0.3, -0.25) is 10.1 Å². The van der Waals surface area contributed by atoms with Gasteiger partial charge in [0.2, 0.25) is 0 Å². The van der Waals surface area contributed by atoms with Gasteiger partial charge in [0.15, 0.2) is 5.11 Å². The summed E-state index contributed by atoms with van der Waals surface area (Å²) in [5.41, 5.74) is 2.38. The molecule has 3 aromatic carbocycles. The van der Waals surface area contributed by atoms with E-state index in [9.17, 15) is 4.79 Å². The molecule has 3 rings (SSSR count). The van der Waals surface area contributed by atoms with E-state index < -0.39 is 0 Å². The number of amides is 1. The predicted molar refractivity (Wildman–Crippen MR) is 132 cm³/mol. The highest BCUT2D eigenvalue weighted by Crippen LogP contribution is 2.17. The van der Waals surface area contributed by atoms with E-state index in [0.29, 0.717) is 24.7 Å². The first kappa shape index (κ1) is 23.3. The van der Waals surface area contributed by atoms with Crippen molar-refractivity contribution in [3.8, 4) is 11.5 Å². The lowest BCUT2D eigenvalue weighted by molar-refractivity contribution is 0.0977. The first-order valence-corrected chi connectivity index (χ1v) is 11.0. The van der Waals surface area contributed by atoms with Gasteiger partial charge in [-0.2, -0.15) is 0 Å². The second-order valence-electron chi connectivity index (χ2n) is 7.76. The third-order valence-electron chi connectivity index (χ3n) is 4.67. The summed E-state index contributed by atoms with van der Waals surface area (Å²) in [6.07, 6.45) is 0.988. The number of ether oxygens (including phenoxy) is 2. The molecule has 0 bridgehead atoms. The number of anilines is 1. The summed E-state index contributed by atoms with van der Waals surface area (Å²) in [6, 6.07) is 24.4. The highest BCUT2D eigenvalue weighted by Gasteiger charge is 2.09. The summed E-state index contributed by atoms with van der Waals surface area (Å²) >= 11 is 5.27. The number of thiocarbonyl (C=S) groups is 1. The van der Waals surface area contributed by atoms with Crippen LogP contribution in [0.25, 0.3) is 0 Å². The summed E-state index contributed by atoms with van der Waals surface area (Å²) in [5, 5.41) is 5.93. The van der Waals surface area contributed by atoms with Crippen molar-refractivity contribution in [3.05, 3.63) is 90.0 Å². The van der Waals surface area contributed by atoms with Gasteiger partial charge in [-0.1, -0.05) is 44.2 Å². The zero-order chi connectivity index (χ0) is 22.8. The Morgan fingerprint density at radius 1 is 0.875 bits per heavy atom. The van der Waals surface area contributed by atoms with Crippen LogP contribution >= 0.6 is 12.2 Å². The van der Waals surface area contributed by atoms with Gasteiger partial charge < -0.3 is 14.8 Å². The Kier molecular flexibility index (Phi) is 8.63. The second-order valence-corrected chi connectivity index (χ2v) is 8.17. The fourth-order valence-electron chi connectivity index (χ4n) is 2.83. The van der Waals surface area contributed by atoms with Gasteiger partial charge in [-0.25, -0.2) is 0 Å². The minimum atomic E-state index is -0.279. The smallest absolute Gasteiger partial charge is 0.257 e. The Morgan fingerprint density at radius 3 is 2.16 bits per heavy atom. The van der Waals surface area contributed by atoms with Crippen molar-refractivity contribution in [3.63, 3.8) is 0 Å². The van der Waals surface area contributed by atoms with Gasteiger partial charge in [0, 0.05) is 11.3 Å². The number of hydrogen-bond donors (Lipinski definition) is 2. The topological polar surface area (TPSA) is 59.6 Å². The van der Waals surface area contributed by atoms with Gasteiger partial charge in [0.25, 0.3) is 5.91 Å². The Morgan fingerprint density at radius 2 is 1.50 bits per heavy atom. The van der Waals surface area contributed by atoms with Crippen LogP contribution < -0.4 is 20.1 Å². The number of nitrogens with one attached hydrogen (secondary N) is 2. The van der Waals surface area contributed by atoms with Crippen LogP contribution in [0.1, 0.15) is 36.2 Å². The maximum atomic E-state index is 12.4. The molecule has 0 heterocycles. The third kappa shape index (κ3) is 7.71. The largest absolute Gasteiger partial charge is 0.494 e. The summed E-state index contributed by atoms with van der Waals surface area (Å²) in [7, 11) is 0. The van der Waals surface area contributed by atoms with Crippen LogP contribution in [0.3, 0.4) is 0 Å². The van der Waals surface area contributed by atoms with Gasteiger partial charge in [0.05, 0.1) is 6.61 Å². The lowest BCUT2D eigenvalue weighted by Gasteiger charge is -2.11. The molecule has 0 unspecified atom stereocenters. The van der Waals surface area contributed by atoms with Crippen molar-refractivity contribution in [2.24, 2.45) is 5.92 Å². The predicted octanol–water partition coefficient (Wildman–Crippen LogP) is 5.82. The highest BCUT2D eigenvalue weighted by atomic mass is 32.1. The van der Waals surface area contributed by atoms with Crippen LogP contribution in [-0.2, 0) is 6.61 Å². The average molecular weight is 449 g/mol.